The largest absolute Gasteiger partial charge is 0.309 e. The summed E-state index contributed by atoms with van der Waals surface area (Å²) in [6.45, 7) is -0.299. The van der Waals surface area contributed by atoms with Crippen molar-refractivity contribution in [2.45, 2.75) is 0 Å². The van der Waals surface area contributed by atoms with E-state index in [1.807, 2.05) is 0 Å². The molecule has 0 spiro atoms. The Kier molecular flexibility index (Phi) is 2.82. The van der Waals surface area contributed by atoms with Crippen molar-refractivity contribution in [1.29, 1.82) is 0 Å². The number of nitrogens with zero attached hydrogens (tertiary/aromatic N) is 2. The molecule has 6 heteroatoms. The van der Waals surface area contributed by atoms with Crippen LogP contribution in [-0.2, 0) is 0 Å². The number of hydrogen-bond acceptors (Lipinski definition) is 4. The van der Waals surface area contributed by atoms with Crippen LogP contribution in [0.4, 0.5) is 0 Å². The summed E-state index contributed by atoms with van der Waals surface area (Å²) in [4.78, 5) is 9.73. The fourth-order valence-corrected chi connectivity index (χ4v) is 0.208. The highest BCUT2D eigenvalue weighted by Gasteiger charge is 2.05. The van der Waals surface area contributed by atoms with Gasteiger partial charge in [0.05, 0.1) is 0 Å². The normalized spacial score (nSPS) is 8.75. The molecule has 0 aliphatic carbocycles. The van der Waals surface area contributed by atoms with Crippen LogP contribution in [0.3, 0.4) is 0 Å². The zero-order valence-corrected chi connectivity index (χ0v) is 4.28. The lowest BCUT2D eigenvalue weighted by molar-refractivity contribution is -0.655. The lowest BCUT2D eigenvalue weighted by Crippen LogP contribution is -2.39. The minimum absolute atomic E-state index is 0.149. The van der Waals surface area contributed by atoms with Gasteiger partial charge in [-0.1, -0.05) is 0 Å². The summed E-state index contributed by atoms with van der Waals surface area (Å²) in [5.74, 6) is 0. The maximum atomic E-state index is 9.73. The van der Waals surface area contributed by atoms with Crippen molar-refractivity contribution in [3.05, 3.63) is 10.1 Å². The first kappa shape index (κ1) is 7.12. The van der Waals surface area contributed by atoms with Crippen LogP contribution in [0.25, 0.3) is 0 Å². The van der Waals surface area contributed by atoms with Gasteiger partial charge in [-0.3, -0.25) is 0 Å². The van der Waals surface area contributed by atoms with Crippen LogP contribution in [0.2, 0.25) is 0 Å². The Labute approximate surface area is 46.2 Å². The average Bonchev–Trinajstić information content (AvgIpc) is 1.69. The summed E-state index contributed by atoms with van der Waals surface area (Å²) in [7, 11) is 0. The Bertz CT molecular complexity index is 80.1. The molecule has 0 aliphatic rings. The summed E-state index contributed by atoms with van der Waals surface area (Å²) in [5, 5.41) is 9.79. The van der Waals surface area contributed by atoms with Gasteiger partial charge < -0.3 is 11.5 Å². The predicted octanol–water partition coefficient (Wildman–Crippen LogP) is -1.69. The molecule has 0 unspecified atom stereocenters. The van der Waals surface area contributed by atoms with E-state index in [2.05, 4.69) is 0 Å². The molecule has 0 rings (SSSR count). The summed E-state index contributed by atoms with van der Waals surface area (Å²) >= 11 is 0. The topological polar surface area (TPSA) is 98.4 Å². The molecule has 0 atom stereocenters. The molecule has 0 fully saturated rings. The first-order valence-electron chi connectivity index (χ1n) is 2.01. The van der Waals surface area contributed by atoms with E-state index in [1.165, 1.54) is 0 Å². The van der Waals surface area contributed by atoms with Gasteiger partial charge in [-0.25, -0.2) is 10.1 Å². The third kappa shape index (κ3) is 1.71. The van der Waals surface area contributed by atoms with Gasteiger partial charge >= 0.3 is 0 Å². The SMILES string of the molecule is NCN(CN)[N+](=O)[O-]. The van der Waals surface area contributed by atoms with Crippen molar-refractivity contribution < 1.29 is 5.03 Å². The molecule has 0 aliphatic heterocycles. The highest BCUT2D eigenvalue weighted by atomic mass is 16.7. The van der Waals surface area contributed by atoms with Crippen LogP contribution in [-0.4, -0.2) is 23.4 Å². The molecular formula is C2H8N4O2. The minimum atomic E-state index is -0.639. The van der Waals surface area contributed by atoms with E-state index >= 15 is 0 Å². The zero-order valence-electron chi connectivity index (χ0n) is 4.28. The monoisotopic (exact) mass is 120 g/mol. The highest BCUT2D eigenvalue weighted by Crippen LogP contribution is 1.76. The van der Waals surface area contributed by atoms with Gasteiger partial charge in [-0.2, -0.15) is 0 Å². The number of hydrogen-bond donors (Lipinski definition) is 2. The fraction of sp³-hybridized carbons (Fsp3) is 1.00. The fourth-order valence-electron chi connectivity index (χ4n) is 0.208. The molecule has 0 heterocycles. The van der Waals surface area contributed by atoms with Gasteiger partial charge in [0, 0.05) is 0 Å². The van der Waals surface area contributed by atoms with E-state index in [9.17, 15) is 10.1 Å². The first-order valence-corrected chi connectivity index (χ1v) is 2.01. The van der Waals surface area contributed by atoms with Crippen molar-refractivity contribution in [2.75, 3.05) is 13.3 Å². The van der Waals surface area contributed by atoms with Crippen LogP contribution >= 0.6 is 0 Å². The van der Waals surface area contributed by atoms with E-state index < -0.39 is 5.03 Å². The smallest absolute Gasteiger partial charge is 0.162 e. The van der Waals surface area contributed by atoms with Crippen LogP contribution in [0.1, 0.15) is 0 Å². The molecule has 0 aromatic heterocycles. The van der Waals surface area contributed by atoms with Crippen molar-refractivity contribution >= 4 is 0 Å². The van der Waals surface area contributed by atoms with Crippen LogP contribution in [0, 0.1) is 10.1 Å². The summed E-state index contributed by atoms with van der Waals surface area (Å²) in [5.41, 5.74) is 9.78. The second-order valence-electron chi connectivity index (χ2n) is 1.11. The number of hydrazine groups is 1. The molecule has 0 amide bonds. The van der Waals surface area contributed by atoms with Gasteiger partial charge in [0.2, 0.25) is 0 Å². The molecular weight excluding hydrogens is 112 g/mol. The van der Waals surface area contributed by atoms with Crippen LogP contribution in [0.5, 0.6) is 0 Å². The quantitative estimate of drug-likeness (QED) is 0.263. The lowest BCUT2D eigenvalue weighted by Gasteiger charge is -2.06. The molecule has 8 heavy (non-hydrogen) atoms. The molecule has 4 N–H and O–H groups in total. The van der Waals surface area contributed by atoms with Gasteiger partial charge in [-0.15, -0.1) is 5.01 Å². The molecule has 48 valence electrons. The Hall–Kier alpha value is -0.880. The number of nitro groups is 1. The Morgan fingerprint density at radius 3 is 1.88 bits per heavy atom. The number of rotatable bonds is 3. The van der Waals surface area contributed by atoms with E-state index in [4.69, 9.17) is 11.5 Å². The first-order chi connectivity index (χ1) is 3.72. The standard InChI is InChI=1S/C2H8N4O2/c3-1-5(2-4)6(7)8/h1-4H2. The number of nitrogens with two attached hydrogens (primary N) is 2. The van der Waals surface area contributed by atoms with E-state index in [1.54, 1.807) is 0 Å². The van der Waals surface area contributed by atoms with E-state index in [0.717, 1.165) is 0 Å². The maximum Gasteiger partial charge on any atom is 0.162 e. The van der Waals surface area contributed by atoms with Gasteiger partial charge in [-0.05, 0) is 0 Å². The Morgan fingerprint density at radius 2 is 1.88 bits per heavy atom. The van der Waals surface area contributed by atoms with Crippen LogP contribution in [0.15, 0.2) is 0 Å². The molecule has 6 nitrogen and oxygen atoms in total. The van der Waals surface area contributed by atoms with Crippen LogP contribution < -0.4 is 11.5 Å². The summed E-state index contributed by atoms with van der Waals surface area (Å²) < 4.78 is 0. The van der Waals surface area contributed by atoms with E-state index in [-0.39, 0.29) is 13.3 Å². The van der Waals surface area contributed by atoms with Crippen molar-refractivity contribution in [1.82, 2.24) is 5.01 Å². The molecule has 0 saturated heterocycles. The summed E-state index contributed by atoms with van der Waals surface area (Å²) in [6.07, 6.45) is 0. The second-order valence-corrected chi connectivity index (χ2v) is 1.11. The van der Waals surface area contributed by atoms with Gasteiger partial charge in [0.25, 0.3) is 0 Å². The molecule has 0 aromatic carbocycles. The average molecular weight is 120 g/mol. The molecule has 0 saturated carbocycles. The maximum absolute atomic E-state index is 9.73. The van der Waals surface area contributed by atoms with Crippen molar-refractivity contribution in [3.8, 4) is 0 Å². The molecule has 0 radical (unpaired) electrons. The Balaban J connectivity index is 3.52. The second kappa shape index (κ2) is 3.16. The van der Waals surface area contributed by atoms with Gasteiger partial charge in [0.1, 0.15) is 13.3 Å². The zero-order chi connectivity index (χ0) is 6.57. The third-order valence-corrected chi connectivity index (χ3v) is 0.652. The van der Waals surface area contributed by atoms with E-state index in [0.29, 0.717) is 5.01 Å². The van der Waals surface area contributed by atoms with Crippen molar-refractivity contribution in [2.24, 2.45) is 11.5 Å². The lowest BCUT2D eigenvalue weighted by atomic mass is 10.9. The van der Waals surface area contributed by atoms with Gasteiger partial charge in [0.15, 0.2) is 5.03 Å². The third-order valence-electron chi connectivity index (χ3n) is 0.652. The Morgan fingerprint density at radius 1 is 1.50 bits per heavy atom. The molecule has 0 bridgehead atoms. The highest BCUT2D eigenvalue weighted by molar-refractivity contribution is 4.26. The molecule has 0 aromatic rings. The minimum Gasteiger partial charge on any atom is -0.309 e. The summed E-state index contributed by atoms with van der Waals surface area (Å²) in [6, 6.07) is 0. The predicted molar refractivity (Wildman–Crippen MR) is 26.9 cm³/mol. The van der Waals surface area contributed by atoms with Crippen molar-refractivity contribution in [3.63, 3.8) is 0 Å².